The van der Waals surface area contributed by atoms with Gasteiger partial charge in [-0.2, -0.15) is 0 Å². The maximum atomic E-state index is 12.9. The van der Waals surface area contributed by atoms with Gasteiger partial charge in [-0.3, -0.25) is 9.69 Å². The van der Waals surface area contributed by atoms with Crippen molar-refractivity contribution in [2.45, 2.75) is 18.9 Å². The summed E-state index contributed by atoms with van der Waals surface area (Å²) >= 11 is 0. The van der Waals surface area contributed by atoms with Crippen molar-refractivity contribution < 1.29 is 4.79 Å². The van der Waals surface area contributed by atoms with Crippen molar-refractivity contribution in [1.82, 2.24) is 10.2 Å². The van der Waals surface area contributed by atoms with Gasteiger partial charge in [0.25, 0.3) is 5.91 Å². The lowest BCUT2D eigenvalue weighted by atomic mass is 10.0. The second-order valence-corrected chi connectivity index (χ2v) is 6.91. The van der Waals surface area contributed by atoms with E-state index in [4.69, 9.17) is 0 Å². The van der Waals surface area contributed by atoms with Gasteiger partial charge in [0, 0.05) is 12.1 Å². The quantitative estimate of drug-likeness (QED) is 0.744. The van der Waals surface area contributed by atoms with Gasteiger partial charge in [0.2, 0.25) is 0 Å². The normalized spacial score (nSPS) is 15.8. The summed E-state index contributed by atoms with van der Waals surface area (Å²) in [6.07, 6.45) is 2.47. The molecule has 1 aliphatic rings. The van der Waals surface area contributed by atoms with Gasteiger partial charge in [-0.05, 0) is 48.3 Å². The van der Waals surface area contributed by atoms with Crippen LogP contribution < -0.4 is 5.32 Å². The van der Waals surface area contributed by atoms with Crippen molar-refractivity contribution >= 4 is 16.7 Å². The molecule has 1 heterocycles. The van der Waals surface area contributed by atoms with Gasteiger partial charge < -0.3 is 5.32 Å². The molecule has 0 radical (unpaired) electrons. The highest BCUT2D eigenvalue weighted by Crippen LogP contribution is 2.25. The average Bonchev–Trinajstić information content (AvgIpc) is 3.23. The largest absolute Gasteiger partial charge is 0.350 e. The van der Waals surface area contributed by atoms with Gasteiger partial charge in [0.1, 0.15) is 0 Å². The monoisotopic (exact) mass is 344 g/mol. The summed E-state index contributed by atoms with van der Waals surface area (Å²) in [6.45, 7) is 2.83. The summed E-state index contributed by atoms with van der Waals surface area (Å²) in [6, 6.07) is 24.7. The molecule has 3 heteroatoms. The Morgan fingerprint density at radius 3 is 2.38 bits per heavy atom. The number of amides is 1. The highest BCUT2D eigenvalue weighted by atomic mass is 16.1. The molecule has 1 N–H and O–H groups in total. The van der Waals surface area contributed by atoms with Crippen LogP contribution in [0.25, 0.3) is 10.8 Å². The zero-order valence-electron chi connectivity index (χ0n) is 14.9. The summed E-state index contributed by atoms with van der Waals surface area (Å²) in [5.41, 5.74) is 2.02. The highest BCUT2D eigenvalue weighted by molar-refractivity contribution is 6.07. The molecule has 0 spiro atoms. The van der Waals surface area contributed by atoms with Crippen LogP contribution in [0.2, 0.25) is 0 Å². The Bertz CT molecular complexity index is 880. The molecule has 1 atom stereocenters. The maximum absolute atomic E-state index is 12.9. The van der Waals surface area contributed by atoms with Crippen molar-refractivity contribution in [2.24, 2.45) is 0 Å². The molecule has 0 aliphatic carbocycles. The van der Waals surface area contributed by atoms with E-state index in [1.54, 1.807) is 0 Å². The van der Waals surface area contributed by atoms with Crippen LogP contribution >= 0.6 is 0 Å². The molecule has 4 rings (SSSR count). The van der Waals surface area contributed by atoms with E-state index in [1.165, 1.54) is 18.4 Å². The second-order valence-electron chi connectivity index (χ2n) is 6.91. The van der Waals surface area contributed by atoms with Crippen molar-refractivity contribution in [3.63, 3.8) is 0 Å². The van der Waals surface area contributed by atoms with Crippen molar-refractivity contribution in [3.8, 4) is 0 Å². The minimum Gasteiger partial charge on any atom is -0.350 e. The van der Waals surface area contributed by atoms with E-state index in [0.29, 0.717) is 6.54 Å². The number of carbonyl (C=O) groups is 1. The smallest absolute Gasteiger partial charge is 0.251 e. The van der Waals surface area contributed by atoms with Crippen molar-refractivity contribution in [1.29, 1.82) is 0 Å². The number of likely N-dealkylation sites (tertiary alicyclic amines) is 1. The summed E-state index contributed by atoms with van der Waals surface area (Å²) in [5, 5.41) is 5.29. The number of benzene rings is 3. The van der Waals surface area contributed by atoms with E-state index in [0.717, 1.165) is 29.4 Å². The number of hydrogen-bond acceptors (Lipinski definition) is 2. The van der Waals surface area contributed by atoms with Gasteiger partial charge in [0.05, 0.1) is 6.04 Å². The van der Waals surface area contributed by atoms with Gasteiger partial charge in [-0.15, -0.1) is 0 Å². The number of nitrogens with zero attached hydrogens (tertiary/aromatic N) is 1. The summed E-state index contributed by atoms with van der Waals surface area (Å²) in [4.78, 5) is 15.4. The highest BCUT2D eigenvalue weighted by Gasteiger charge is 2.24. The van der Waals surface area contributed by atoms with Crippen LogP contribution in [-0.2, 0) is 0 Å². The minimum absolute atomic E-state index is 0.00179. The third-order valence-corrected chi connectivity index (χ3v) is 5.26. The standard InChI is InChI=1S/C23H24N2O/c26-23(21-14-8-12-18-9-4-5-13-20(18)21)24-17-22(25-15-6-7-16-25)19-10-2-1-3-11-19/h1-5,8-14,22H,6-7,15-17H2,(H,24,26)/t22-/m1/s1. The Kier molecular flexibility index (Phi) is 4.98. The van der Waals surface area contributed by atoms with Crippen molar-refractivity contribution in [2.75, 3.05) is 19.6 Å². The van der Waals surface area contributed by atoms with Gasteiger partial charge >= 0.3 is 0 Å². The first-order chi connectivity index (χ1) is 12.8. The molecular formula is C23H24N2O. The average molecular weight is 344 g/mol. The zero-order valence-corrected chi connectivity index (χ0v) is 14.9. The molecule has 1 amide bonds. The Hall–Kier alpha value is -2.65. The third kappa shape index (κ3) is 3.49. The number of fused-ring (bicyclic) bond motifs is 1. The zero-order chi connectivity index (χ0) is 17.8. The third-order valence-electron chi connectivity index (χ3n) is 5.26. The Morgan fingerprint density at radius 1 is 0.885 bits per heavy atom. The van der Waals surface area contributed by atoms with Crippen LogP contribution in [-0.4, -0.2) is 30.4 Å². The first kappa shape index (κ1) is 16.8. The maximum Gasteiger partial charge on any atom is 0.251 e. The molecule has 1 saturated heterocycles. The first-order valence-electron chi connectivity index (χ1n) is 9.38. The molecular weight excluding hydrogens is 320 g/mol. The molecule has 132 valence electrons. The SMILES string of the molecule is O=C(NC[C@H](c1ccccc1)N1CCCC1)c1cccc2ccccc12. The fraction of sp³-hybridized carbons (Fsp3) is 0.261. The lowest BCUT2D eigenvalue weighted by Gasteiger charge is -2.28. The fourth-order valence-corrected chi connectivity index (χ4v) is 3.89. The van der Waals surface area contributed by atoms with Gasteiger partial charge in [-0.25, -0.2) is 0 Å². The van der Waals surface area contributed by atoms with Crippen LogP contribution in [0.15, 0.2) is 72.8 Å². The second kappa shape index (κ2) is 7.71. The van der Waals surface area contributed by atoms with E-state index in [9.17, 15) is 4.79 Å². The molecule has 0 aromatic heterocycles. The van der Waals surface area contributed by atoms with Crippen LogP contribution in [0.4, 0.5) is 0 Å². The van der Waals surface area contributed by atoms with E-state index >= 15 is 0 Å². The van der Waals surface area contributed by atoms with Crippen LogP contribution in [0.5, 0.6) is 0 Å². The molecule has 3 aromatic rings. The summed E-state index contributed by atoms with van der Waals surface area (Å²) < 4.78 is 0. The fourth-order valence-electron chi connectivity index (χ4n) is 3.89. The Balaban J connectivity index is 1.54. The van der Waals surface area contributed by atoms with Gasteiger partial charge in [0.15, 0.2) is 0 Å². The predicted octanol–water partition coefficient (Wildman–Crippen LogP) is 4.41. The molecule has 0 unspecified atom stereocenters. The number of rotatable bonds is 5. The number of nitrogens with one attached hydrogen (secondary N) is 1. The van der Waals surface area contributed by atoms with E-state index < -0.39 is 0 Å². The lowest BCUT2D eigenvalue weighted by molar-refractivity contribution is 0.0939. The molecule has 26 heavy (non-hydrogen) atoms. The lowest BCUT2D eigenvalue weighted by Crippen LogP contribution is -2.36. The number of hydrogen-bond donors (Lipinski definition) is 1. The first-order valence-corrected chi connectivity index (χ1v) is 9.38. The Morgan fingerprint density at radius 2 is 1.58 bits per heavy atom. The minimum atomic E-state index is 0.00179. The van der Waals surface area contributed by atoms with E-state index in [1.807, 2.05) is 48.5 Å². The van der Waals surface area contributed by atoms with Crippen LogP contribution in [0, 0.1) is 0 Å². The predicted molar refractivity (Wildman–Crippen MR) is 106 cm³/mol. The summed E-state index contributed by atoms with van der Waals surface area (Å²) in [7, 11) is 0. The Labute approximate surface area is 154 Å². The number of carbonyl (C=O) groups excluding carboxylic acids is 1. The molecule has 1 fully saturated rings. The van der Waals surface area contributed by atoms with Crippen LogP contribution in [0.3, 0.4) is 0 Å². The van der Waals surface area contributed by atoms with Gasteiger partial charge in [-0.1, -0.05) is 66.7 Å². The topological polar surface area (TPSA) is 32.3 Å². The van der Waals surface area contributed by atoms with Crippen LogP contribution in [0.1, 0.15) is 34.8 Å². The van der Waals surface area contributed by atoms with Crippen molar-refractivity contribution in [3.05, 3.63) is 83.9 Å². The molecule has 1 aliphatic heterocycles. The molecule has 0 bridgehead atoms. The van der Waals surface area contributed by atoms with E-state index in [2.05, 4.69) is 34.5 Å². The molecule has 3 nitrogen and oxygen atoms in total. The molecule has 0 saturated carbocycles. The molecule has 3 aromatic carbocycles. The summed E-state index contributed by atoms with van der Waals surface area (Å²) in [5.74, 6) is 0.00179. The van der Waals surface area contributed by atoms with E-state index in [-0.39, 0.29) is 11.9 Å².